The topological polar surface area (TPSA) is 0 Å². The summed E-state index contributed by atoms with van der Waals surface area (Å²) in [5.74, 6) is 0. The van der Waals surface area contributed by atoms with Gasteiger partial charge in [-0.3, -0.25) is 0 Å². The molecular formula is H5Cl3CrMg. The van der Waals surface area contributed by atoms with Crippen LogP contribution in [0.15, 0.2) is 0 Å². The maximum absolute atomic E-state index is 0. The summed E-state index contributed by atoms with van der Waals surface area (Å²) in [6.07, 6.45) is 0. The molecule has 0 bridgehead atoms. The van der Waals surface area contributed by atoms with Gasteiger partial charge < -0.3 is 0 Å². The van der Waals surface area contributed by atoms with E-state index in [9.17, 15) is 0 Å². The molecule has 0 saturated heterocycles. The summed E-state index contributed by atoms with van der Waals surface area (Å²) in [6, 6.07) is 0. The molecule has 34 valence electrons. The molecule has 0 rings (SSSR count). The molecule has 0 spiro atoms. The largest absolute Gasteiger partial charge is 0.316 e. The van der Waals surface area contributed by atoms with E-state index in [1.807, 2.05) is 0 Å². The van der Waals surface area contributed by atoms with Crippen LogP contribution in [0.25, 0.3) is 0 Å². The van der Waals surface area contributed by atoms with Crippen LogP contribution in [0.4, 0.5) is 0 Å². The van der Waals surface area contributed by atoms with Crippen LogP contribution in [0, 0.1) is 0 Å². The fraction of sp³-hybridized carbons (Fsp3) is 0. The monoisotopic (exact) mass is 186 g/mol. The molecule has 5 heavy (non-hydrogen) atoms. The summed E-state index contributed by atoms with van der Waals surface area (Å²) in [5.41, 5.74) is 0. The smallest absolute Gasteiger partial charge is 0.147 e. The summed E-state index contributed by atoms with van der Waals surface area (Å²) < 4.78 is 0. The summed E-state index contributed by atoms with van der Waals surface area (Å²) in [7, 11) is 0. The molecular weight excluding hydrogens is 183 g/mol. The van der Waals surface area contributed by atoms with Crippen molar-refractivity contribution in [1.82, 2.24) is 0 Å². The van der Waals surface area contributed by atoms with Crippen molar-refractivity contribution in [1.29, 1.82) is 0 Å². The third kappa shape index (κ3) is 22.8. The Kier molecular flexibility index (Phi) is 406. The molecule has 0 fully saturated rings. The van der Waals surface area contributed by atoms with Crippen LogP contribution in [0.3, 0.4) is 0 Å². The van der Waals surface area contributed by atoms with Crippen molar-refractivity contribution in [3.8, 4) is 0 Å². The molecule has 0 aliphatic carbocycles. The number of rotatable bonds is 0. The fourth-order valence-electron chi connectivity index (χ4n) is 0. The third-order valence-corrected chi connectivity index (χ3v) is 0. The molecule has 0 heterocycles. The number of halogens is 3. The van der Waals surface area contributed by atoms with Gasteiger partial charge in [-0.2, -0.15) is 0 Å². The van der Waals surface area contributed by atoms with E-state index in [1.54, 1.807) is 0 Å². The summed E-state index contributed by atoms with van der Waals surface area (Å²) >= 11 is 0. The molecule has 0 saturated carbocycles. The Labute approximate surface area is 77.0 Å². The minimum absolute atomic E-state index is 0. The van der Waals surface area contributed by atoms with Gasteiger partial charge in [0, 0.05) is 17.4 Å². The first-order valence-corrected chi connectivity index (χ1v) is 0. The summed E-state index contributed by atoms with van der Waals surface area (Å²) in [4.78, 5) is 0. The van der Waals surface area contributed by atoms with Gasteiger partial charge in [0.15, 0.2) is 0 Å². The maximum Gasteiger partial charge on any atom is 0.316 e. The standard InChI is InChI=1S/3ClH.Cr.Mg.2H/h3*1H;;;;. The average molecular weight is 188 g/mol. The van der Waals surface area contributed by atoms with Crippen LogP contribution < -0.4 is 0 Å². The van der Waals surface area contributed by atoms with Crippen molar-refractivity contribution in [2.45, 2.75) is 0 Å². The van der Waals surface area contributed by atoms with Gasteiger partial charge in [0.05, 0.1) is 0 Å². The van der Waals surface area contributed by atoms with Crippen LogP contribution >= 0.6 is 37.2 Å². The molecule has 5 heteroatoms. The van der Waals surface area contributed by atoms with Gasteiger partial charge in [0.25, 0.3) is 0 Å². The molecule has 0 aromatic heterocycles. The average Bonchev–Trinajstić information content (AvgIpc) is 0. The molecule has 0 atom stereocenters. The van der Waals surface area contributed by atoms with Gasteiger partial charge >= 0.3 is 23.1 Å². The molecule has 0 aliphatic rings. The Morgan fingerprint density at radius 2 is 0.600 bits per heavy atom. The predicted molar refractivity (Wildman–Crippen MR) is 30.3 cm³/mol. The van der Waals surface area contributed by atoms with E-state index in [2.05, 4.69) is 0 Å². The summed E-state index contributed by atoms with van der Waals surface area (Å²) in [5, 5.41) is 0. The van der Waals surface area contributed by atoms with E-state index in [-0.39, 0.29) is 77.6 Å². The predicted octanol–water partition coefficient (Wildman–Crippen LogP) is 0.347. The Morgan fingerprint density at radius 3 is 0.600 bits per heavy atom. The van der Waals surface area contributed by atoms with Crippen LogP contribution in [0.1, 0.15) is 0 Å². The zero-order valence-corrected chi connectivity index (χ0v) is 5.36. The maximum atomic E-state index is 0. The Hall–Kier alpha value is 2.17. The first kappa shape index (κ1) is 58.0. The van der Waals surface area contributed by atoms with E-state index in [0.29, 0.717) is 0 Å². The molecule has 0 nitrogen and oxygen atoms in total. The molecule has 0 radical (unpaired) electrons. The van der Waals surface area contributed by atoms with E-state index in [4.69, 9.17) is 0 Å². The first-order valence-electron chi connectivity index (χ1n) is 0. The van der Waals surface area contributed by atoms with E-state index in [0.717, 1.165) is 0 Å². The Bertz CT molecular complexity index is 6.85. The van der Waals surface area contributed by atoms with Crippen molar-refractivity contribution < 1.29 is 17.4 Å². The van der Waals surface area contributed by atoms with Gasteiger partial charge in [0.1, 0.15) is 0 Å². The molecule has 0 unspecified atom stereocenters. The third-order valence-electron chi connectivity index (χ3n) is 0. The van der Waals surface area contributed by atoms with Gasteiger partial charge in [-0.1, -0.05) is 0 Å². The van der Waals surface area contributed by atoms with Crippen LogP contribution in [0.2, 0.25) is 0 Å². The second-order valence-corrected chi connectivity index (χ2v) is 0. The number of hydrogen-bond donors (Lipinski definition) is 0. The Morgan fingerprint density at radius 1 is 0.600 bits per heavy atom. The molecule has 0 N–H and O–H groups in total. The second kappa shape index (κ2) is 35.0. The summed E-state index contributed by atoms with van der Waals surface area (Å²) in [6.45, 7) is 0. The van der Waals surface area contributed by atoms with Gasteiger partial charge in [-0.05, 0) is 0 Å². The van der Waals surface area contributed by atoms with Crippen LogP contribution in [-0.2, 0) is 17.4 Å². The van der Waals surface area contributed by atoms with Gasteiger partial charge in [-0.15, -0.1) is 37.2 Å². The van der Waals surface area contributed by atoms with Crippen molar-refractivity contribution in [3.63, 3.8) is 0 Å². The molecule has 0 amide bonds. The van der Waals surface area contributed by atoms with E-state index < -0.39 is 0 Å². The quantitative estimate of drug-likeness (QED) is 0.480. The SMILES string of the molecule is Cl.Cl.Cl.[Cr].[MgH2]. The van der Waals surface area contributed by atoms with Crippen LogP contribution in [-0.4, -0.2) is 23.1 Å². The van der Waals surface area contributed by atoms with Gasteiger partial charge in [0.2, 0.25) is 0 Å². The molecule has 0 aromatic carbocycles. The second-order valence-electron chi connectivity index (χ2n) is 0. The number of hydrogen-bond acceptors (Lipinski definition) is 0. The fourth-order valence-corrected chi connectivity index (χ4v) is 0. The van der Waals surface area contributed by atoms with Crippen molar-refractivity contribution in [2.75, 3.05) is 0 Å². The van der Waals surface area contributed by atoms with Crippen LogP contribution in [0.5, 0.6) is 0 Å². The zero-order chi connectivity index (χ0) is 0. The van der Waals surface area contributed by atoms with Crippen molar-refractivity contribution >= 4 is 60.3 Å². The molecule has 0 aromatic rings. The van der Waals surface area contributed by atoms with E-state index >= 15 is 0 Å². The van der Waals surface area contributed by atoms with E-state index in [1.165, 1.54) is 0 Å². The minimum Gasteiger partial charge on any atom is -0.147 e. The Balaban J connectivity index is 0. The van der Waals surface area contributed by atoms with Crippen molar-refractivity contribution in [3.05, 3.63) is 0 Å². The molecule has 0 aliphatic heterocycles. The minimum atomic E-state index is 0. The normalized spacial score (nSPS) is 0. The van der Waals surface area contributed by atoms with Crippen molar-refractivity contribution in [2.24, 2.45) is 0 Å². The first-order chi connectivity index (χ1) is 0. The van der Waals surface area contributed by atoms with Gasteiger partial charge in [-0.25, -0.2) is 0 Å². The zero-order valence-electron chi connectivity index (χ0n) is 1.63.